The van der Waals surface area contributed by atoms with E-state index in [2.05, 4.69) is 10.3 Å². The van der Waals surface area contributed by atoms with E-state index in [0.29, 0.717) is 22.4 Å². The van der Waals surface area contributed by atoms with E-state index in [9.17, 15) is 23.2 Å². The van der Waals surface area contributed by atoms with Crippen molar-refractivity contribution in [1.82, 2.24) is 15.2 Å². The lowest BCUT2D eigenvalue weighted by atomic mass is 10.0. The van der Waals surface area contributed by atoms with Crippen LogP contribution in [0.3, 0.4) is 0 Å². The molecule has 2 aromatic carbocycles. The summed E-state index contributed by atoms with van der Waals surface area (Å²) in [5, 5.41) is 2.37. The maximum absolute atomic E-state index is 14.1. The molecule has 2 aliphatic heterocycles. The SMILES string of the molecule is O=C1CCC(N2Cc3cc(-c4ccc5c(F)ccc(F)c5n4)ccc3C2=O)C(=O)N1. The smallest absolute Gasteiger partial charge is 0.255 e. The number of hydrogen-bond acceptors (Lipinski definition) is 4. The molecule has 8 heteroatoms. The van der Waals surface area contributed by atoms with Crippen LogP contribution in [0.5, 0.6) is 0 Å². The number of aromatic nitrogens is 1. The zero-order valence-electron chi connectivity index (χ0n) is 15.6. The molecule has 150 valence electrons. The maximum Gasteiger partial charge on any atom is 0.255 e. The number of imide groups is 1. The minimum Gasteiger partial charge on any atom is -0.322 e. The van der Waals surface area contributed by atoms with Gasteiger partial charge in [0.1, 0.15) is 23.2 Å². The van der Waals surface area contributed by atoms with E-state index in [0.717, 1.165) is 12.1 Å². The summed E-state index contributed by atoms with van der Waals surface area (Å²) >= 11 is 0. The van der Waals surface area contributed by atoms with Crippen LogP contribution in [0.4, 0.5) is 8.78 Å². The Morgan fingerprint density at radius 3 is 2.60 bits per heavy atom. The van der Waals surface area contributed by atoms with Gasteiger partial charge < -0.3 is 4.90 Å². The van der Waals surface area contributed by atoms with Gasteiger partial charge in [0.15, 0.2) is 0 Å². The molecule has 6 nitrogen and oxygen atoms in total. The first-order valence-corrected chi connectivity index (χ1v) is 9.45. The van der Waals surface area contributed by atoms with Crippen molar-refractivity contribution in [3.63, 3.8) is 0 Å². The fourth-order valence-electron chi connectivity index (χ4n) is 4.04. The minimum atomic E-state index is -0.693. The third-order valence-electron chi connectivity index (χ3n) is 5.57. The second-order valence-corrected chi connectivity index (χ2v) is 7.39. The number of benzene rings is 2. The normalized spacial score (nSPS) is 18.7. The first-order chi connectivity index (χ1) is 14.4. The van der Waals surface area contributed by atoms with Crippen molar-refractivity contribution in [2.24, 2.45) is 0 Å². The lowest BCUT2D eigenvalue weighted by molar-refractivity contribution is -0.136. The molecule has 0 bridgehead atoms. The maximum atomic E-state index is 14.1. The largest absolute Gasteiger partial charge is 0.322 e. The van der Waals surface area contributed by atoms with Gasteiger partial charge in [-0.15, -0.1) is 0 Å². The monoisotopic (exact) mass is 407 g/mol. The molecule has 1 saturated heterocycles. The Labute approximate surface area is 169 Å². The number of rotatable bonds is 2. The molecule has 1 N–H and O–H groups in total. The molecule has 1 atom stereocenters. The zero-order chi connectivity index (χ0) is 21.0. The van der Waals surface area contributed by atoms with Gasteiger partial charge >= 0.3 is 0 Å². The second-order valence-electron chi connectivity index (χ2n) is 7.39. The Morgan fingerprint density at radius 1 is 1.00 bits per heavy atom. The van der Waals surface area contributed by atoms with Crippen LogP contribution >= 0.6 is 0 Å². The van der Waals surface area contributed by atoms with Crippen LogP contribution in [-0.2, 0) is 16.1 Å². The molecule has 1 aromatic heterocycles. The van der Waals surface area contributed by atoms with Gasteiger partial charge in [-0.05, 0) is 48.4 Å². The molecule has 2 aliphatic rings. The van der Waals surface area contributed by atoms with Gasteiger partial charge in [-0.1, -0.05) is 6.07 Å². The Hall–Kier alpha value is -3.68. The van der Waals surface area contributed by atoms with E-state index in [4.69, 9.17) is 0 Å². The number of nitrogens with one attached hydrogen (secondary N) is 1. The highest BCUT2D eigenvalue weighted by atomic mass is 19.1. The molecule has 0 spiro atoms. The third kappa shape index (κ3) is 2.83. The fraction of sp³-hybridized carbons (Fsp3) is 0.182. The average molecular weight is 407 g/mol. The van der Waals surface area contributed by atoms with Crippen molar-refractivity contribution in [3.8, 4) is 11.3 Å². The standard InChI is InChI=1S/C22H15F2N3O3/c23-15-4-5-16(24)20-14(15)3-6-17(25-20)11-1-2-13-12(9-11)10-27(22(13)30)18-7-8-19(28)26-21(18)29/h1-6,9,18H,7-8,10H2,(H,26,28,29). The van der Waals surface area contributed by atoms with Gasteiger partial charge in [0, 0.05) is 29.5 Å². The summed E-state index contributed by atoms with van der Waals surface area (Å²) in [4.78, 5) is 42.0. The quantitative estimate of drug-likeness (QED) is 0.663. The van der Waals surface area contributed by atoms with Crippen LogP contribution in [-0.4, -0.2) is 33.6 Å². The minimum absolute atomic E-state index is 0.0609. The van der Waals surface area contributed by atoms with Crippen LogP contribution < -0.4 is 5.32 Å². The molecular formula is C22H15F2N3O3. The van der Waals surface area contributed by atoms with Crippen LogP contribution in [0.2, 0.25) is 0 Å². The van der Waals surface area contributed by atoms with Crippen LogP contribution in [0.25, 0.3) is 22.2 Å². The average Bonchev–Trinajstić information content (AvgIpc) is 3.06. The van der Waals surface area contributed by atoms with Gasteiger partial charge in [0.05, 0.1) is 5.69 Å². The van der Waals surface area contributed by atoms with Crippen molar-refractivity contribution < 1.29 is 23.2 Å². The van der Waals surface area contributed by atoms with Crippen LogP contribution in [0, 0.1) is 11.6 Å². The second kappa shape index (κ2) is 6.69. The van der Waals surface area contributed by atoms with E-state index < -0.39 is 23.6 Å². The van der Waals surface area contributed by atoms with Crippen molar-refractivity contribution in [3.05, 3.63) is 65.2 Å². The third-order valence-corrected chi connectivity index (χ3v) is 5.57. The first-order valence-electron chi connectivity index (χ1n) is 9.45. The molecule has 0 aliphatic carbocycles. The number of amides is 3. The van der Waals surface area contributed by atoms with Gasteiger partial charge in [-0.25, -0.2) is 13.8 Å². The molecule has 3 amide bonds. The predicted molar refractivity (Wildman–Crippen MR) is 103 cm³/mol. The fourth-order valence-corrected chi connectivity index (χ4v) is 4.04. The highest BCUT2D eigenvalue weighted by Crippen LogP contribution is 2.31. The summed E-state index contributed by atoms with van der Waals surface area (Å²) in [6.45, 7) is 0.227. The van der Waals surface area contributed by atoms with Gasteiger partial charge in [-0.3, -0.25) is 19.7 Å². The lowest BCUT2D eigenvalue weighted by Gasteiger charge is -2.29. The van der Waals surface area contributed by atoms with Crippen molar-refractivity contribution >= 4 is 28.6 Å². The summed E-state index contributed by atoms with van der Waals surface area (Å²) in [6.07, 6.45) is 0.471. The van der Waals surface area contributed by atoms with Gasteiger partial charge in [0.25, 0.3) is 5.91 Å². The van der Waals surface area contributed by atoms with E-state index >= 15 is 0 Å². The number of nitrogens with zero attached hydrogens (tertiary/aromatic N) is 2. The molecule has 1 unspecified atom stereocenters. The number of pyridine rings is 1. The highest BCUT2D eigenvalue weighted by Gasteiger charge is 2.39. The molecule has 1 fully saturated rings. The first kappa shape index (κ1) is 18.4. The number of piperidine rings is 1. The van der Waals surface area contributed by atoms with Crippen molar-refractivity contribution in [2.45, 2.75) is 25.4 Å². The van der Waals surface area contributed by atoms with Gasteiger partial charge in [0.2, 0.25) is 11.8 Å². The van der Waals surface area contributed by atoms with E-state index in [1.165, 1.54) is 11.0 Å². The zero-order valence-corrected chi connectivity index (χ0v) is 15.6. The Bertz CT molecular complexity index is 1260. The Balaban J connectivity index is 1.49. The molecule has 3 aromatic rings. The Morgan fingerprint density at radius 2 is 1.80 bits per heavy atom. The molecule has 3 heterocycles. The van der Waals surface area contributed by atoms with Gasteiger partial charge in [-0.2, -0.15) is 0 Å². The molecular weight excluding hydrogens is 392 g/mol. The van der Waals surface area contributed by atoms with Crippen molar-refractivity contribution in [2.75, 3.05) is 0 Å². The summed E-state index contributed by atoms with van der Waals surface area (Å²) in [7, 11) is 0. The number of carbonyl (C=O) groups is 3. The van der Waals surface area contributed by atoms with E-state index in [1.54, 1.807) is 24.3 Å². The van der Waals surface area contributed by atoms with Crippen molar-refractivity contribution in [1.29, 1.82) is 0 Å². The summed E-state index contributed by atoms with van der Waals surface area (Å²) < 4.78 is 28.0. The summed E-state index contributed by atoms with van der Waals surface area (Å²) in [6, 6.07) is 9.58. The number of fused-ring (bicyclic) bond motifs is 2. The topological polar surface area (TPSA) is 79.4 Å². The number of hydrogen-bond donors (Lipinski definition) is 1. The number of carbonyl (C=O) groups excluding carboxylic acids is 3. The number of halogens is 2. The molecule has 0 radical (unpaired) electrons. The molecule has 30 heavy (non-hydrogen) atoms. The van der Waals surface area contributed by atoms with Crippen LogP contribution in [0.1, 0.15) is 28.8 Å². The van der Waals surface area contributed by atoms with E-state index in [1.807, 2.05) is 0 Å². The van der Waals surface area contributed by atoms with E-state index in [-0.39, 0.29) is 42.1 Å². The predicted octanol–water partition coefficient (Wildman–Crippen LogP) is 2.94. The highest BCUT2D eigenvalue weighted by molar-refractivity contribution is 6.05. The molecule has 0 saturated carbocycles. The lowest BCUT2D eigenvalue weighted by Crippen LogP contribution is -2.52. The summed E-state index contributed by atoms with van der Waals surface area (Å²) in [5.74, 6) is -2.25. The molecule has 5 rings (SSSR count). The summed E-state index contributed by atoms with van der Waals surface area (Å²) in [5.41, 5.74) is 2.22. The van der Waals surface area contributed by atoms with Crippen LogP contribution in [0.15, 0.2) is 42.5 Å². The Kier molecular flexibility index (Phi) is 4.09.